The highest BCUT2D eigenvalue weighted by molar-refractivity contribution is 8.00. The van der Waals surface area contributed by atoms with E-state index in [4.69, 9.17) is 20.8 Å². The van der Waals surface area contributed by atoms with Crippen LogP contribution >= 0.6 is 23.4 Å². The van der Waals surface area contributed by atoms with Crippen molar-refractivity contribution in [2.45, 2.75) is 11.8 Å². The number of furan rings is 1. The Morgan fingerprint density at radius 3 is 2.55 bits per heavy atom. The molecule has 0 aliphatic rings. The predicted molar refractivity (Wildman–Crippen MR) is 115 cm³/mol. The van der Waals surface area contributed by atoms with Gasteiger partial charge in [-0.05, 0) is 55.0 Å². The second-order valence-corrected chi connectivity index (χ2v) is 7.55. The zero-order chi connectivity index (χ0) is 20.8. The van der Waals surface area contributed by atoms with Crippen LogP contribution in [0.4, 0.5) is 11.4 Å². The number of aryl methyl sites for hydroxylation is 1. The molecule has 6 nitrogen and oxygen atoms in total. The Kier molecular flexibility index (Phi) is 6.85. The number of halogens is 1. The number of thioether (sulfide) groups is 1. The lowest BCUT2D eigenvalue weighted by molar-refractivity contribution is -0.113. The number of carbonyl (C=O) groups excluding carboxylic acids is 2. The number of benzene rings is 2. The fraction of sp³-hybridized carbons (Fsp3) is 0.143. The van der Waals surface area contributed by atoms with E-state index in [2.05, 4.69) is 10.6 Å². The SMILES string of the molecule is COc1cc(Cl)c(C)cc1NC(=O)CSc1ccc(NC(=O)c2ccco2)cc1. The average Bonchev–Trinajstić information content (AvgIpc) is 3.25. The highest BCUT2D eigenvalue weighted by Crippen LogP contribution is 2.31. The molecule has 0 atom stereocenters. The van der Waals surface area contributed by atoms with Crippen molar-refractivity contribution in [3.8, 4) is 5.75 Å². The second-order valence-electron chi connectivity index (χ2n) is 6.09. The zero-order valence-electron chi connectivity index (χ0n) is 15.8. The van der Waals surface area contributed by atoms with Crippen molar-refractivity contribution >= 4 is 46.6 Å². The maximum Gasteiger partial charge on any atom is 0.291 e. The zero-order valence-corrected chi connectivity index (χ0v) is 17.4. The van der Waals surface area contributed by atoms with Crippen molar-refractivity contribution < 1.29 is 18.7 Å². The molecule has 0 unspecified atom stereocenters. The first-order valence-electron chi connectivity index (χ1n) is 8.68. The van der Waals surface area contributed by atoms with Crippen LogP contribution in [0.25, 0.3) is 0 Å². The molecule has 0 bridgehead atoms. The Bertz CT molecular complexity index is 1000. The average molecular weight is 431 g/mol. The highest BCUT2D eigenvalue weighted by atomic mass is 35.5. The highest BCUT2D eigenvalue weighted by Gasteiger charge is 2.12. The summed E-state index contributed by atoms with van der Waals surface area (Å²) in [4.78, 5) is 25.2. The van der Waals surface area contributed by atoms with E-state index in [0.717, 1.165) is 10.5 Å². The Labute approximate surface area is 177 Å². The third kappa shape index (κ3) is 5.56. The van der Waals surface area contributed by atoms with E-state index in [9.17, 15) is 9.59 Å². The van der Waals surface area contributed by atoms with Gasteiger partial charge in [-0.15, -0.1) is 11.8 Å². The van der Waals surface area contributed by atoms with Crippen LogP contribution in [0.1, 0.15) is 16.1 Å². The smallest absolute Gasteiger partial charge is 0.291 e. The van der Waals surface area contributed by atoms with Gasteiger partial charge in [0.25, 0.3) is 5.91 Å². The molecule has 0 aliphatic heterocycles. The Hall–Kier alpha value is -2.90. The number of rotatable bonds is 7. The lowest BCUT2D eigenvalue weighted by Crippen LogP contribution is -2.15. The Morgan fingerprint density at radius 1 is 1.14 bits per heavy atom. The molecule has 29 heavy (non-hydrogen) atoms. The molecule has 8 heteroatoms. The molecule has 0 fully saturated rings. The Balaban J connectivity index is 1.54. The molecule has 0 radical (unpaired) electrons. The van der Waals surface area contributed by atoms with Gasteiger partial charge in [0.05, 0.1) is 24.8 Å². The van der Waals surface area contributed by atoms with Gasteiger partial charge in [0.15, 0.2) is 5.76 Å². The van der Waals surface area contributed by atoms with Crippen molar-refractivity contribution in [2.75, 3.05) is 23.5 Å². The molecule has 0 aliphatic carbocycles. The number of carbonyl (C=O) groups is 2. The monoisotopic (exact) mass is 430 g/mol. The van der Waals surface area contributed by atoms with Crippen LogP contribution in [0.5, 0.6) is 5.75 Å². The van der Waals surface area contributed by atoms with Gasteiger partial charge in [0.1, 0.15) is 5.75 Å². The van der Waals surface area contributed by atoms with Gasteiger partial charge in [-0.25, -0.2) is 0 Å². The summed E-state index contributed by atoms with van der Waals surface area (Å²) in [6.07, 6.45) is 1.45. The molecule has 1 heterocycles. The summed E-state index contributed by atoms with van der Waals surface area (Å²) < 4.78 is 10.3. The number of amides is 2. The van der Waals surface area contributed by atoms with Gasteiger partial charge in [-0.1, -0.05) is 11.6 Å². The van der Waals surface area contributed by atoms with E-state index in [1.54, 1.807) is 36.4 Å². The van der Waals surface area contributed by atoms with E-state index in [1.807, 2.05) is 19.1 Å². The van der Waals surface area contributed by atoms with Crippen LogP contribution in [0, 0.1) is 6.92 Å². The first-order chi connectivity index (χ1) is 14.0. The molecule has 1 aromatic heterocycles. The minimum absolute atomic E-state index is 0.162. The molecule has 2 amide bonds. The molecule has 2 N–H and O–H groups in total. The molecule has 0 saturated heterocycles. The first-order valence-corrected chi connectivity index (χ1v) is 10.0. The van der Waals surface area contributed by atoms with Crippen LogP contribution in [-0.4, -0.2) is 24.7 Å². The summed E-state index contributed by atoms with van der Waals surface area (Å²) in [5, 5.41) is 6.16. The molecular formula is C21H19ClN2O4S. The van der Waals surface area contributed by atoms with Crippen LogP contribution in [0.2, 0.25) is 5.02 Å². The minimum atomic E-state index is -0.318. The molecular weight excluding hydrogens is 412 g/mol. The summed E-state index contributed by atoms with van der Waals surface area (Å²) in [6, 6.07) is 13.9. The third-order valence-electron chi connectivity index (χ3n) is 3.98. The van der Waals surface area contributed by atoms with Gasteiger partial charge >= 0.3 is 0 Å². The van der Waals surface area contributed by atoms with Crippen LogP contribution < -0.4 is 15.4 Å². The number of ether oxygens (including phenoxy) is 1. The number of hydrogen-bond donors (Lipinski definition) is 2. The van der Waals surface area contributed by atoms with Crippen molar-refractivity contribution in [1.29, 1.82) is 0 Å². The molecule has 3 rings (SSSR count). The van der Waals surface area contributed by atoms with Crippen LogP contribution in [0.3, 0.4) is 0 Å². The van der Waals surface area contributed by atoms with Crippen molar-refractivity contribution in [1.82, 2.24) is 0 Å². The normalized spacial score (nSPS) is 10.4. The predicted octanol–water partition coefficient (Wildman–Crippen LogP) is 5.23. The van der Waals surface area contributed by atoms with Gasteiger partial charge < -0.3 is 19.8 Å². The fourth-order valence-electron chi connectivity index (χ4n) is 2.50. The minimum Gasteiger partial charge on any atom is -0.495 e. The van der Waals surface area contributed by atoms with Crippen molar-refractivity contribution in [2.24, 2.45) is 0 Å². The van der Waals surface area contributed by atoms with Gasteiger partial charge in [0, 0.05) is 21.7 Å². The number of methoxy groups -OCH3 is 1. The Morgan fingerprint density at radius 2 is 1.90 bits per heavy atom. The molecule has 2 aromatic carbocycles. The summed E-state index contributed by atoms with van der Waals surface area (Å²) in [5.74, 6) is 0.499. The molecule has 0 spiro atoms. The lowest BCUT2D eigenvalue weighted by atomic mass is 10.2. The summed E-state index contributed by atoms with van der Waals surface area (Å²) in [6.45, 7) is 1.86. The summed E-state index contributed by atoms with van der Waals surface area (Å²) >= 11 is 7.47. The van der Waals surface area contributed by atoms with E-state index < -0.39 is 0 Å². The molecule has 3 aromatic rings. The fourth-order valence-corrected chi connectivity index (χ4v) is 3.35. The van der Waals surface area contributed by atoms with Gasteiger partial charge in [-0.3, -0.25) is 9.59 Å². The number of hydrogen-bond acceptors (Lipinski definition) is 5. The molecule has 150 valence electrons. The topological polar surface area (TPSA) is 80.6 Å². The summed E-state index contributed by atoms with van der Waals surface area (Å²) in [7, 11) is 1.53. The van der Waals surface area contributed by atoms with Gasteiger partial charge in [0.2, 0.25) is 5.91 Å². The maximum absolute atomic E-state index is 12.3. The largest absolute Gasteiger partial charge is 0.495 e. The van der Waals surface area contributed by atoms with E-state index in [1.165, 1.54) is 25.1 Å². The van der Waals surface area contributed by atoms with Crippen LogP contribution in [-0.2, 0) is 4.79 Å². The van der Waals surface area contributed by atoms with Crippen molar-refractivity contribution in [3.63, 3.8) is 0 Å². The molecule has 0 saturated carbocycles. The standard InChI is InChI=1S/C21H19ClN2O4S/c1-13-10-17(19(27-2)11-16(13)22)24-20(25)12-29-15-7-5-14(6-8-15)23-21(26)18-4-3-9-28-18/h3-11H,12H2,1-2H3,(H,23,26)(H,24,25). The summed E-state index contributed by atoms with van der Waals surface area (Å²) in [5.41, 5.74) is 2.07. The third-order valence-corrected chi connectivity index (χ3v) is 5.40. The van der Waals surface area contributed by atoms with Crippen molar-refractivity contribution in [3.05, 3.63) is 71.1 Å². The van der Waals surface area contributed by atoms with E-state index in [-0.39, 0.29) is 23.3 Å². The first kappa shape index (κ1) is 20.8. The van der Waals surface area contributed by atoms with E-state index in [0.29, 0.717) is 22.1 Å². The van der Waals surface area contributed by atoms with Gasteiger partial charge in [-0.2, -0.15) is 0 Å². The number of nitrogens with one attached hydrogen (secondary N) is 2. The second kappa shape index (κ2) is 9.54. The lowest BCUT2D eigenvalue weighted by Gasteiger charge is -2.12. The van der Waals surface area contributed by atoms with E-state index >= 15 is 0 Å². The maximum atomic E-state index is 12.3. The number of anilines is 2. The quantitative estimate of drug-likeness (QED) is 0.501. The van der Waals surface area contributed by atoms with Crippen LogP contribution in [0.15, 0.2) is 64.1 Å².